The average molecular weight is 227 g/mol. The van der Waals surface area contributed by atoms with Gasteiger partial charge in [-0.15, -0.1) is 0 Å². The number of halogens is 3. The number of thioether (sulfide) groups is 1. The fourth-order valence-electron chi connectivity index (χ4n) is 1.45. The third-order valence-corrected chi connectivity index (χ3v) is 3.41. The maximum atomic E-state index is 11.8. The van der Waals surface area contributed by atoms with Gasteiger partial charge in [0.1, 0.15) is 0 Å². The zero-order valence-corrected chi connectivity index (χ0v) is 8.89. The minimum absolute atomic E-state index is 0.246. The van der Waals surface area contributed by atoms with Crippen LogP contribution in [0.1, 0.15) is 25.7 Å². The summed E-state index contributed by atoms with van der Waals surface area (Å²) >= 11 is 1.91. The second-order valence-electron chi connectivity index (χ2n) is 3.59. The van der Waals surface area contributed by atoms with Gasteiger partial charge in [-0.3, -0.25) is 0 Å². The molecule has 0 aromatic carbocycles. The summed E-state index contributed by atoms with van der Waals surface area (Å²) in [5, 5.41) is 3.28. The van der Waals surface area contributed by atoms with Crippen molar-refractivity contribution in [3.8, 4) is 0 Å². The highest BCUT2D eigenvalue weighted by molar-refractivity contribution is 7.99. The second kappa shape index (κ2) is 5.85. The molecule has 14 heavy (non-hydrogen) atoms. The highest BCUT2D eigenvalue weighted by Gasteiger charge is 2.25. The van der Waals surface area contributed by atoms with E-state index in [0.29, 0.717) is 12.5 Å². The van der Waals surface area contributed by atoms with E-state index in [2.05, 4.69) is 5.32 Å². The Balaban J connectivity index is 1.89. The molecule has 1 nitrogen and oxygen atoms in total. The number of nitrogens with one attached hydrogen (secondary N) is 1. The first-order valence-electron chi connectivity index (χ1n) is 4.96. The quantitative estimate of drug-likeness (QED) is 0.725. The smallest absolute Gasteiger partial charge is 0.313 e. The van der Waals surface area contributed by atoms with Gasteiger partial charge in [0.25, 0.3) is 0 Å². The minimum Gasteiger partial charge on any atom is -0.313 e. The molecule has 1 unspecified atom stereocenters. The van der Waals surface area contributed by atoms with Crippen LogP contribution in [-0.4, -0.2) is 30.3 Å². The van der Waals surface area contributed by atoms with Crippen molar-refractivity contribution in [1.29, 1.82) is 0 Å². The largest absolute Gasteiger partial charge is 0.389 e. The lowest BCUT2D eigenvalue weighted by molar-refractivity contribution is -0.135. The molecular weight excluding hydrogens is 211 g/mol. The molecule has 0 amide bonds. The second-order valence-corrected chi connectivity index (χ2v) is 4.74. The lowest BCUT2D eigenvalue weighted by Gasteiger charge is -2.11. The molecular formula is C9H16F3NS. The summed E-state index contributed by atoms with van der Waals surface area (Å²) in [5.74, 6) is 2.29. The van der Waals surface area contributed by atoms with Gasteiger partial charge in [0.05, 0.1) is 0 Å². The molecule has 1 aliphatic heterocycles. The molecule has 1 atom stereocenters. The zero-order chi connectivity index (χ0) is 10.4. The van der Waals surface area contributed by atoms with Crippen molar-refractivity contribution in [2.24, 2.45) is 0 Å². The molecule has 0 aliphatic carbocycles. The molecule has 1 N–H and O–H groups in total. The van der Waals surface area contributed by atoms with Crippen LogP contribution < -0.4 is 5.32 Å². The predicted molar refractivity (Wildman–Crippen MR) is 53.6 cm³/mol. The molecule has 0 aromatic rings. The van der Waals surface area contributed by atoms with Crippen LogP contribution in [-0.2, 0) is 0 Å². The number of hydrogen-bond donors (Lipinski definition) is 1. The monoisotopic (exact) mass is 227 g/mol. The van der Waals surface area contributed by atoms with Crippen LogP contribution in [0.15, 0.2) is 0 Å². The summed E-state index contributed by atoms with van der Waals surface area (Å²) in [6.45, 7) is 0.724. The van der Waals surface area contributed by atoms with Crippen molar-refractivity contribution in [3.63, 3.8) is 0 Å². The van der Waals surface area contributed by atoms with Crippen molar-refractivity contribution < 1.29 is 13.2 Å². The standard InChI is InChI=1S/C9H16F3NS/c10-9(11,12)4-1-2-5-13-8-3-6-14-7-8/h8,13H,1-7H2. The van der Waals surface area contributed by atoms with Gasteiger partial charge >= 0.3 is 6.18 Å². The van der Waals surface area contributed by atoms with Gasteiger partial charge < -0.3 is 5.32 Å². The normalized spacial score (nSPS) is 22.9. The molecule has 84 valence electrons. The summed E-state index contributed by atoms with van der Waals surface area (Å²) < 4.78 is 35.3. The minimum atomic E-state index is -3.98. The number of hydrogen-bond acceptors (Lipinski definition) is 2. The summed E-state index contributed by atoms with van der Waals surface area (Å²) in [7, 11) is 0. The summed E-state index contributed by atoms with van der Waals surface area (Å²) in [6, 6.07) is 0.533. The van der Waals surface area contributed by atoms with E-state index < -0.39 is 12.6 Å². The first-order valence-corrected chi connectivity index (χ1v) is 6.11. The van der Waals surface area contributed by atoms with Gasteiger partial charge in [-0.1, -0.05) is 0 Å². The maximum absolute atomic E-state index is 11.8. The third kappa shape index (κ3) is 5.75. The van der Waals surface area contributed by atoms with Crippen LogP contribution in [0.3, 0.4) is 0 Å². The Hall–Kier alpha value is 0.100. The van der Waals surface area contributed by atoms with Gasteiger partial charge in [0.15, 0.2) is 0 Å². The Bertz CT molecular complexity index is 155. The highest BCUT2D eigenvalue weighted by Crippen LogP contribution is 2.22. The Morgan fingerprint density at radius 2 is 2.07 bits per heavy atom. The SMILES string of the molecule is FC(F)(F)CCCCNC1CCSC1. The molecule has 1 fully saturated rings. The third-order valence-electron chi connectivity index (χ3n) is 2.25. The lowest BCUT2D eigenvalue weighted by atomic mass is 10.2. The average Bonchev–Trinajstić information content (AvgIpc) is 2.54. The van der Waals surface area contributed by atoms with Gasteiger partial charge in [-0.2, -0.15) is 24.9 Å². The molecule has 1 heterocycles. The Kier molecular flexibility index (Phi) is 5.09. The van der Waals surface area contributed by atoms with Gasteiger partial charge in [0.2, 0.25) is 0 Å². The van der Waals surface area contributed by atoms with Crippen molar-refractivity contribution >= 4 is 11.8 Å². The van der Waals surface area contributed by atoms with Crippen molar-refractivity contribution in [2.75, 3.05) is 18.1 Å². The molecule has 0 saturated carbocycles. The number of alkyl halides is 3. The van der Waals surface area contributed by atoms with E-state index in [-0.39, 0.29) is 6.42 Å². The lowest BCUT2D eigenvalue weighted by Crippen LogP contribution is -2.29. The van der Waals surface area contributed by atoms with E-state index in [4.69, 9.17) is 0 Å². The molecule has 0 spiro atoms. The van der Waals surface area contributed by atoms with E-state index >= 15 is 0 Å². The van der Waals surface area contributed by atoms with Crippen molar-refractivity contribution in [1.82, 2.24) is 5.32 Å². The molecule has 0 aromatic heterocycles. The van der Waals surface area contributed by atoms with Crippen LogP contribution in [0.25, 0.3) is 0 Å². The van der Waals surface area contributed by atoms with E-state index in [1.807, 2.05) is 11.8 Å². The zero-order valence-electron chi connectivity index (χ0n) is 8.07. The van der Waals surface area contributed by atoms with Crippen LogP contribution in [0.5, 0.6) is 0 Å². The maximum Gasteiger partial charge on any atom is 0.389 e. The van der Waals surface area contributed by atoms with Crippen molar-refractivity contribution in [2.45, 2.75) is 37.9 Å². The first-order chi connectivity index (χ1) is 6.58. The van der Waals surface area contributed by atoms with E-state index in [9.17, 15) is 13.2 Å². The first kappa shape index (κ1) is 12.2. The summed E-state index contributed by atoms with van der Waals surface area (Å²) in [5.41, 5.74) is 0. The Morgan fingerprint density at radius 3 is 2.64 bits per heavy atom. The molecule has 0 radical (unpaired) electrons. The fraction of sp³-hybridized carbons (Fsp3) is 1.00. The molecule has 0 bridgehead atoms. The fourth-order valence-corrected chi connectivity index (χ4v) is 2.64. The van der Waals surface area contributed by atoms with Crippen molar-refractivity contribution in [3.05, 3.63) is 0 Å². The molecule has 1 aliphatic rings. The predicted octanol–water partition coefficient (Wildman–Crippen LogP) is 2.81. The van der Waals surface area contributed by atoms with E-state index in [0.717, 1.165) is 18.7 Å². The Morgan fingerprint density at radius 1 is 1.29 bits per heavy atom. The van der Waals surface area contributed by atoms with E-state index in [1.165, 1.54) is 5.75 Å². The van der Waals surface area contributed by atoms with Crippen LogP contribution in [0.2, 0.25) is 0 Å². The van der Waals surface area contributed by atoms with Crippen LogP contribution in [0, 0.1) is 0 Å². The molecule has 1 rings (SSSR count). The number of unbranched alkanes of at least 4 members (excludes halogenated alkanes) is 1. The topological polar surface area (TPSA) is 12.0 Å². The van der Waals surface area contributed by atoms with Gasteiger partial charge in [0, 0.05) is 18.2 Å². The summed E-state index contributed by atoms with van der Waals surface area (Å²) in [6.07, 6.45) is -2.60. The molecule has 1 saturated heterocycles. The van der Waals surface area contributed by atoms with Crippen LogP contribution >= 0.6 is 11.8 Å². The Labute approximate surface area is 86.8 Å². The number of rotatable bonds is 5. The van der Waals surface area contributed by atoms with Gasteiger partial charge in [-0.05, 0) is 31.6 Å². The highest BCUT2D eigenvalue weighted by atomic mass is 32.2. The van der Waals surface area contributed by atoms with E-state index in [1.54, 1.807) is 0 Å². The van der Waals surface area contributed by atoms with Crippen LogP contribution in [0.4, 0.5) is 13.2 Å². The summed E-state index contributed by atoms with van der Waals surface area (Å²) in [4.78, 5) is 0. The van der Waals surface area contributed by atoms with Gasteiger partial charge in [-0.25, -0.2) is 0 Å². The molecule has 5 heteroatoms.